The molecule has 0 heterocycles. The Labute approximate surface area is 145 Å². The van der Waals surface area contributed by atoms with E-state index in [4.69, 9.17) is 11.6 Å². The molecule has 25 heavy (non-hydrogen) atoms. The molecule has 2 rings (SSSR count). The lowest BCUT2D eigenvalue weighted by atomic mass is 10.2. The Morgan fingerprint density at radius 3 is 2.24 bits per heavy atom. The van der Waals surface area contributed by atoms with Crippen LogP contribution in [0.2, 0.25) is 5.02 Å². The fourth-order valence-corrected chi connectivity index (χ4v) is 3.18. The first-order chi connectivity index (χ1) is 11.5. The van der Waals surface area contributed by atoms with Crippen LogP contribution in [0.5, 0.6) is 0 Å². The van der Waals surface area contributed by atoms with Crippen LogP contribution in [0.25, 0.3) is 0 Å². The molecule has 0 aliphatic carbocycles. The lowest BCUT2D eigenvalue weighted by molar-refractivity contribution is -0.140. The first-order valence-corrected chi connectivity index (χ1v) is 8.67. The van der Waals surface area contributed by atoms with Crippen LogP contribution >= 0.6 is 11.6 Å². The van der Waals surface area contributed by atoms with Crippen LogP contribution in [0.3, 0.4) is 0 Å². The molecule has 10 heteroatoms. The van der Waals surface area contributed by atoms with Crippen molar-refractivity contribution in [2.75, 3.05) is 11.1 Å². The number of alkyl halides is 3. The predicted molar refractivity (Wildman–Crippen MR) is 83.5 cm³/mol. The van der Waals surface area contributed by atoms with Crippen LogP contribution in [0.4, 0.5) is 23.2 Å². The molecule has 0 fully saturated rings. The zero-order valence-corrected chi connectivity index (χ0v) is 13.8. The SMILES string of the molecule is O=C(CS(=O)(=O)c1ccc(Cl)cc1)Nc1ccc(F)c(C(F)(F)F)c1. The summed E-state index contributed by atoms with van der Waals surface area (Å²) in [5.41, 5.74) is -1.93. The van der Waals surface area contributed by atoms with Crippen molar-refractivity contribution >= 4 is 33.0 Å². The molecule has 134 valence electrons. The van der Waals surface area contributed by atoms with Crippen molar-refractivity contribution in [1.29, 1.82) is 0 Å². The van der Waals surface area contributed by atoms with Gasteiger partial charge in [0, 0.05) is 10.7 Å². The number of amides is 1. The molecule has 0 unspecified atom stereocenters. The van der Waals surface area contributed by atoms with Gasteiger partial charge in [0.1, 0.15) is 11.6 Å². The third kappa shape index (κ3) is 4.93. The maximum atomic E-state index is 13.2. The largest absolute Gasteiger partial charge is 0.419 e. The van der Waals surface area contributed by atoms with E-state index in [0.29, 0.717) is 17.2 Å². The van der Waals surface area contributed by atoms with Crippen molar-refractivity contribution in [3.63, 3.8) is 0 Å². The van der Waals surface area contributed by atoms with Crippen molar-refractivity contribution in [3.8, 4) is 0 Å². The van der Waals surface area contributed by atoms with Crippen molar-refractivity contribution in [2.45, 2.75) is 11.1 Å². The quantitative estimate of drug-likeness (QED) is 0.798. The molecular formula is C15H10ClF4NO3S. The van der Waals surface area contributed by atoms with Gasteiger partial charge >= 0.3 is 6.18 Å². The highest BCUT2D eigenvalue weighted by atomic mass is 35.5. The van der Waals surface area contributed by atoms with Crippen LogP contribution in [-0.4, -0.2) is 20.1 Å². The Morgan fingerprint density at radius 2 is 1.68 bits per heavy atom. The van der Waals surface area contributed by atoms with E-state index in [0.717, 1.165) is 6.07 Å². The highest BCUT2D eigenvalue weighted by Crippen LogP contribution is 2.33. The normalized spacial score (nSPS) is 12.0. The van der Waals surface area contributed by atoms with Gasteiger partial charge in [-0.1, -0.05) is 11.6 Å². The van der Waals surface area contributed by atoms with Gasteiger partial charge in [0.2, 0.25) is 5.91 Å². The molecule has 2 aromatic rings. The molecule has 0 radical (unpaired) electrons. The van der Waals surface area contributed by atoms with Crippen LogP contribution in [0.1, 0.15) is 5.56 Å². The molecule has 4 nitrogen and oxygen atoms in total. The van der Waals surface area contributed by atoms with E-state index >= 15 is 0 Å². The summed E-state index contributed by atoms with van der Waals surface area (Å²) in [5.74, 6) is -3.55. The highest BCUT2D eigenvalue weighted by Gasteiger charge is 2.34. The summed E-state index contributed by atoms with van der Waals surface area (Å²) in [5, 5.41) is 2.31. The average molecular weight is 396 g/mol. The number of nitrogens with one attached hydrogen (secondary N) is 1. The van der Waals surface area contributed by atoms with E-state index in [2.05, 4.69) is 0 Å². The zero-order valence-electron chi connectivity index (χ0n) is 12.3. The van der Waals surface area contributed by atoms with Crippen LogP contribution in [0.15, 0.2) is 47.4 Å². The number of benzene rings is 2. The minimum absolute atomic E-state index is 0.165. The predicted octanol–water partition coefficient (Wildman–Crippen LogP) is 3.91. The van der Waals surface area contributed by atoms with E-state index < -0.39 is 39.1 Å². The van der Waals surface area contributed by atoms with Gasteiger partial charge in [-0.2, -0.15) is 13.2 Å². The first-order valence-electron chi connectivity index (χ1n) is 6.64. The second-order valence-corrected chi connectivity index (χ2v) is 7.38. The molecule has 1 amide bonds. The second kappa shape index (κ2) is 7.01. The Balaban J connectivity index is 2.16. The van der Waals surface area contributed by atoms with Crippen LogP contribution in [0, 0.1) is 5.82 Å². The summed E-state index contributed by atoms with van der Waals surface area (Å²) in [6.07, 6.45) is -4.94. The number of sulfone groups is 1. The van der Waals surface area contributed by atoms with E-state index in [1.54, 1.807) is 0 Å². The molecule has 0 saturated heterocycles. The molecule has 0 aliphatic heterocycles. The number of hydrogen-bond donors (Lipinski definition) is 1. The molecular weight excluding hydrogens is 386 g/mol. The van der Waals surface area contributed by atoms with E-state index in [1.807, 2.05) is 5.32 Å². The number of halogens is 5. The van der Waals surface area contributed by atoms with Gasteiger partial charge < -0.3 is 5.32 Å². The van der Waals surface area contributed by atoms with E-state index in [9.17, 15) is 30.8 Å². The lowest BCUT2D eigenvalue weighted by Gasteiger charge is -2.11. The molecule has 0 saturated carbocycles. The summed E-state index contributed by atoms with van der Waals surface area (Å²) >= 11 is 5.64. The monoisotopic (exact) mass is 395 g/mol. The van der Waals surface area contributed by atoms with Crippen LogP contribution < -0.4 is 5.32 Å². The van der Waals surface area contributed by atoms with Crippen molar-refractivity contribution < 1.29 is 30.8 Å². The van der Waals surface area contributed by atoms with Gasteiger partial charge in [-0.3, -0.25) is 4.79 Å². The van der Waals surface area contributed by atoms with E-state index in [-0.39, 0.29) is 10.6 Å². The van der Waals surface area contributed by atoms with Gasteiger partial charge in [-0.25, -0.2) is 12.8 Å². The molecule has 0 spiro atoms. The summed E-state index contributed by atoms with van der Waals surface area (Å²) in [7, 11) is -4.01. The number of anilines is 1. The van der Waals surface area contributed by atoms with Crippen molar-refractivity contribution in [1.82, 2.24) is 0 Å². The third-order valence-electron chi connectivity index (χ3n) is 3.05. The highest BCUT2D eigenvalue weighted by molar-refractivity contribution is 7.92. The van der Waals surface area contributed by atoms with Crippen molar-refractivity contribution in [3.05, 3.63) is 58.9 Å². The van der Waals surface area contributed by atoms with Gasteiger partial charge in [-0.05, 0) is 42.5 Å². The summed E-state index contributed by atoms with van der Waals surface area (Å²) in [4.78, 5) is 11.7. The third-order valence-corrected chi connectivity index (χ3v) is 4.93. The second-order valence-electron chi connectivity index (χ2n) is 4.95. The summed E-state index contributed by atoms with van der Waals surface area (Å²) in [6.45, 7) is 0. The van der Waals surface area contributed by atoms with Crippen LogP contribution in [-0.2, 0) is 20.8 Å². The lowest BCUT2D eigenvalue weighted by Crippen LogP contribution is -2.23. The number of carbonyl (C=O) groups is 1. The standard InChI is InChI=1S/C15H10ClF4NO3S/c16-9-1-4-11(5-2-9)25(23,24)8-14(22)21-10-3-6-13(17)12(7-10)15(18,19)20/h1-7H,8H2,(H,21,22). The molecule has 1 N–H and O–H groups in total. The Kier molecular flexibility index (Phi) is 5.38. The minimum atomic E-state index is -4.94. The van der Waals surface area contributed by atoms with Crippen molar-refractivity contribution in [2.24, 2.45) is 0 Å². The summed E-state index contributed by atoms with van der Waals surface area (Å²) in [6, 6.07) is 6.87. The first kappa shape index (κ1) is 19.2. The maximum absolute atomic E-state index is 13.2. The average Bonchev–Trinajstić information content (AvgIpc) is 2.48. The molecule has 2 aromatic carbocycles. The Hall–Kier alpha value is -2.13. The minimum Gasteiger partial charge on any atom is -0.325 e. The number of carbonyl (C=O) groups excluding carboxylic acids is 1. The Morgan fingerprint density at radius 1 is 1.08 bits per heavy atom. The summed E-state index contributed by atoms with van der Waals surface area (Å²) < 4.78 is 75.2. The maximum Gasteiger partial charge on any atom is 0.419 e. The molecule has 0 bridgehead atoms. The number of hydrogen-bond acceptors (Lipinski definition) is 3. The molecule has 0 aromatic heterocycles. The fourth-order valence-electron chi connectivity index (χ4n) is 1.92. The van der Waals surface area contributed by atoms with Gasteiger partial charge in [0.25, 0.3) is 0 Å². The smallest absolute Gasteiger partial charge is 0.325 e. The Bertz CT molecular complexity index is 896. The zero-order chi connectivity index (χ0) is 18.8. The fraction of sp³-hybridized carbons (Fsp3) is 0.133. The topological polar surface area (TPSA) is 63.2 Å². The molecule has 0 atom stereocenters. The number of rotatable bonds is 4. The molecule has 0 aliphatic rings. The van der Waals surface area contributed by atoms with Gasteiger partial charge in [0.05, 0.1) is 10.5 Å². The van der Waals surface area contributed by atoms with Gasteiger partial charge in [0.15, 0.2) is 9.84 Å². The van der Waals surface area contributed by atoms with Gasteiger partial charge in [-0.15, -0.1) is 0 Å². The van der Waals surface area contributed by atoms with E-state index in [1.165, 1.54) is 24.3 Å².